The summed E-state index contributed by atoms with van der Waals surface area (Å²) in [5, 5.41) is 28.6. The fourth-order valence-corrected chi connectivity index (χ4v) is 1.49. The normalized spacial score (nSPS) is 14.6. The van der Waals surface area contributed by atoms with Gasteiger partial charge in [-0.2, -0.15) is 0 Å². The zero-order valence-corrected chi connectivity index (χ0v) is 9.48. The maximum absolute atomic E-state index is 9.70. The van der Waals surface area contributed by atoms with Crippen LogP contribution in [0.3, 0.4) is 0 Å². The zero-order valence-electron chi connectivity index (χ0n) is 8.72. The minimum Gasteiger partial charge on any atom is -0.503 e. The number of hydrogen-bond donors (Lipinski definition) is 4. The van der Waals surface area contributed by atoms with Gasteiger partial charge in [-0.1, -0.05) is 11.6 Å². The quantitative estimate of drug-likeness (QED) is 0.618. The number of aliphatic hydroxyl groups excluding tert-OH is 2. The predicted molar refractivity (Wildman–Crippen MR) is 59.7 cm³/mol. The average Bonchev–Trinajstić information content (AvgIpc) is 2.30. The Morgan fingerprint density at radius 3 is 2.56 bits per heavy atom. The lowest BCUT2D eigenvalue weighted by atomic mass is 10.0. The van der Waals surface area contributed by atoms with Gasteiger partial charge in [-0.3, -0.25) is 0 Å². The van der Waals surface area contributed by atoms with Gasteiger partial charge in [0.1, 0.15) is 6.10 Å². The first-order valence-electron chi connectivity index (χ1n) is 4.63. The second kappa shape index (κ2) is 5.36. The van der Waals surface area contributed by atoms with Gasteiger partial charge in [0.05, 0.1) is 18.2 Å². The molecule has 0 saturated heterocycles. The van der Waals surface area contributed by atoms with Crippen molar-refractivity contribution in [2.24, 2.45) is 5.73 Å². The topological polar surface area (TPSA) is 95.9 Å². The third-order valence-electron chi connectivity index (χ3n) is 2.22. The molecule has 0 heterocycles. The van der Waals surface area contributed by atoms with Crippen molar-refractivity contribution in [2.75, 3.05) is 13.7 Å². The van der Waals surface area contributed by atoms with Crippen LogP contribution >= 0.6 is 11.6 Å². The largest absolute Gasteiger partial charge is 0.503 e. The van der Waals surface area contributed by atoms with Crippen LogP contribution in [0.25, 0.3) is 0 Å². The van der Waals surface area contributed by atoms with Gasteiger partial charge in [0.2, 0.25) is 0 Å². The van der Waals surface area contributed by atoms with Crippen LogP contribution in [0.1, 0.15) is 11.7 Å². The zero-order chi connectivity index (χ0) is 12.3. The van der Waals surface area contributed by atoms with E-state index in [0.717, 1.165) is 0 Å². The van der Waals surface area contributed by atoms with Crippen molar-refractivity contribution < 1.29 is 20.1 Å². The molecule has 1 aromatic carbocycles. The van der Waals surface area contributed by atoms with E-state index in [-0.39, 0.29) is 23.1 Å². The van der Waals surface area contributed by atoms with E-state index >= 15 is 0 Å². The summed E-state index contributed by atoms with van der Waals surface area (Å²) in [6.45, 7) is -0.0814. The van der Waals surface area contributed by atoms with Crippen LogP contribution in [-0.2, 0) is 0 Å². The molecule has 0 bridgehead atoms. The number of aliphatic hydroxyl groups is 2. The van der Waals surface area contributed by atoms with Gasteiger partial charge < -0.3 is 25.8 Å². The SMILES string of the molecule is COc1cc(C(O)C(O)CN)cc(Cl)c1O. The molecule has 5 nitrogen and oxygen atoms in total. The van der Waals surface area contributed by atoms with E-state index in [0.29, 0.717) is 5.56 Å². The van der Waals surface area contributed by atoms with Gasteiger partial charge in [0.15, 0.2) is 11.5 Å². The number of methoxy groups -OCH3 is 1. The van der Waals surface area contributed by atoms with Crippen LogP contribution in [0.5, 0.6) is 11.5 Å². The van der Waals surface area contributed by atoms with E-state index in [1.54, 1.807) is 0 Å². The second-order valence-electron chi connectivity index (χ2n) is 3.30. The van der Waals surface area contributed by atoms with Crippen LogP contribution < -0.4 is 10.5 Å². The first kappa shape index (κ1) is 13.1. The Labute approximate surface area is 98.0 Å². The molecule has 6 heteroatoms. The lowest BCUT2D eigenvalue weighted by Gasteiger charge is -2.18. The standard InChI is InChI=1S/C10H14ClNO4/c1-16-8-3-5(2-6(11)10(8)15)9(14)7(13)4-12/h2-3,7,9,13-15H,4,12H2,1H3. The maximum Gasteiger partial charge on any atom is 0.176 e. The van der Waals surface area contributed by atoms with Crippen LogP contribution in [0, 0.1) is 0 Å². The van der Waals surface area contributed by atoms with Crippen molar-refractivity contribution in [1.82, 2.24) is 0 Å². The fraction of sp³-hybridized carbons (Fsp3) is 0.400. The Morgan fingerprint density at radius 2 is 2.06 bits per heavy atom. The van der Waals surface area contributed by atoms with Crippen molar-refractivity contribution in [2.45, 2.75) is 12.2 Å². The smallest absolute Gasteiger partial charge is 0.176 e. The molecule has 1 rings (SSSR count). The summed E-state index contributed by atoms with van der Waals surface area (Å²) >= 11 is 5.74. The minimum atomic E-state index is -1.17. The number of nitrogens with two attached hydrogens (primary N) is 1. The highest BCUT2D eigenvalue weighted by molar-refractivity contribution is 6.32. The molecule has 0 saturated carbocycles. The molecule has 1 aromatic rings. The van der Waals surface area contributed by atoms with Gasteiger partial charge in [-0.15, -0.1) is 0 Å². The van der Waals surface area contributed by atoms with E-state index in [1.807, 2.05) is 0 Å². The van der Waals surface area contributed by atoms with Gasteiger partial charge >= 0.3 is 0 Å². The third-order valence-corrected chi connectivity index (χ3v) is 2.51. The Kier molecular flexibility index (Phi) is 4.37. The number of aromatic hydroxyl groups is 1. The molecule has 0 aliphatic rings. The molecule has 0 aliphatic heterocycles. The molecule has 2 atom stereocenters. The summed E-state index contributed by atoms with van der Waals surface area (Å²) in [6.07, 6.45) is -2.26. The molecule has 16 heavy (non-hydrogen) atoms. The summed E-state index contributed by atoms with van der Waals surface area (Å²) in [7, 11) is 1.36. The van der Waals surface area contributed by atoms with Crippen LogP contribution in [-0.4, -0.2) is 35.1 Å². The van der Waals surface area contributed by atoms with Crippen molar-refractivity contribution in [3.8, 4) is 11.5 Å². The number of phenolic OH excluding ortho intramolecular Hbond substituents is 1. The Balaban J connectivity index is 3.10. The maximum atomic E-state index is 9.70. The van der Waals surface area contributed by atoms with Gasteiger partial charge in [0, 0.05) is 6.54 Å². The monoisotopic (exact) mass is 247 g/mol. The summed E-state index contributed by atoms with van der Waals surface area (Å²) in [5.41, 5.74) is 5.56. The van der Waals surface area contributed by atoms with Crippen LogP contribution in [0.15, 0.2) is 12.1 Å². The van der Waals surface area contributed by atoms with Crippen molar-refractivity contribution in [3.63, 3.8) is 0 Å². The highest BCUT2D eigenvalue weighted by Gasteiger charge is 2.20. The molecule has 0 aliphatic carbocycles. The molecule has 0 fully saturated rings. The molecule has 0 radical (unpaired) electrons. The van der Waals surface area contributed by atoms with Crippen molar-refractivity contribution in [1.29, 1.82) is 0 Å². The number of phenols is 1. The summed E-state index contributed by atoms with van der Waals surface area (Å²) in [6, 6.07) is 2.74. The number of rotatable bonds is 4. The second-order valence-corrected chi connectivity index (χ2v) is 3.71. The molecule has 0 spiro atoms. The number of hydrogen-bond acceptors (Lipinski definition) is 5. The number of ether oxygens (including phenoxy) is 1. The molecule has 0 amide bonds. The van der Waals surface area contributed by atoms with Gasteiger partial charge in [0.25, 0.3) is 0 Å². The summed E-state index contributed by atoms with van der Waals surface area (Å²) < 4.78 is 4.87. The molecule has 0 aromatic heterocycles. The van der Waals surface area contributed by atoms with Gasteiger partial charge in [-0.25, -0.2) is 0 Å². The van der Waals surface area contributed by atoms with Crippen LogP contribution in [0.2, 0.25) is 5.02 Å². The van der Waals surface area contributed by atoms with E-state index in [9.17, 15) is 15.3 Å². The number of halogens is 1. The predicted octanol–water partition coefficient (Wildman–Crippen LogP) is 0.407. The first-order chi connectivity index (χ1) is 7.51. The van der Waals surface area contributed by atoms with E-state index in [2.05, 4.69) is 0 Å². The average molecular weight is 248 g/mol. The summed E-state index contributed by atoms with van der Waals surface area (Å²) in [4.78, 5) is 0. The lowest BCUT2D eigenvalue weighted by molar-refractivity contribution is 0.0242. The minimum absolute atomic E-state index is 0.0395. The molecular formula is C10H14ClNO4. The van der Waals surface area contributed by atoms with Gasteiger partial charge in [-0.05, 0) is 17.7 Å². The van der Waals surface area contributed by atoms with E-state index in [1.165, 1.54) is 19.2 Å². The Hall–Kier alpha value is -1.01. The highest BCUT2D eigenvalue weighted by Crippen LogP contribution is 2.37. The van der Waals surface area contributed by atoms with E-state index < -0.39 is 12.2 Å². The Morgan fingerprint density at radius 1 is 1.44 bits per heavy atom. The highest BCUT2D eigenvalue weighted by atomic mass is 35.5. The third kappa shape index (κ3) is 2.56. The Bertz CT molecular complexity index is 372. The molecule has 2 unspecified atom stereocenters. The van der Waals surface area contributed by atoms with E-state index in [4.69, 9.17) is 22.1 Å². The first-order valence-corrected chi connectivity index (χ1v) is 5.01. The summed E-state index contributed by atoms with van der Waals surface area (Å²) in [5.74, 6) is -0.0758. The molecular weight excluding hydrogens is 234 g/mol. The van der Waals surface area contributed by atoms with Crippen molar-refractivity contribution >= 4 is 11.6 Å². The molecule has 90 valence electrons. The number of benzene rings is 1. The lowest BCUT2D eigenvalue weighted by Crippen LogP contribution is -2.27. The molecule has 5 N–H and O–H groups in total. The van der Waals surface area contributed by atoms with Crippen LogP contribution in [0.4, 0.5) is 0 Å². The fourth-order valence-electron chi connectivity index (χ4n) is 1.27. The van der Waals surface area contributed by atoms with Crippen molar-refractivity contribution in [3.05, 3.63) is 22.7 Å².